The monoisotopic (exact) mass is 410 g/mol. The minimum atomic E-state index is -0.701. The zero-order chi connectivity index (χ0) is 19.3. The van der Waals surface area contributed by atoms with Crippen LogP contribution in [0.1, 0.15) is 44.6 Å². The number of carboxylic acid groups (broad SMARTS) is 1. The number of rotatable bonds is 9. The predicted octanol–water partition coefficient (Wildman–Crippen LogP) is 3.09. The molecule has 2 fully saturated rings. The van der Waals surface area contributed by atoms with Crippen molar-refractivity contribution in [2.24, 2.45) is 11.3 Å². The van der Waals surface area contributed by atoms with Crippen LogP contribution in [0.5, 0.6) is 5.75 Å². The minimum absolute atomic E-state index is 0. The average Bonchev–Trinajstić information content (AvgIpc) is 3.19. The molecule has 6 nitrogen and oxygen atoms in total. The van der Waals surface area contributed by atoms with Crippen LogP contribution in [-0.4, -0.2) is 48.1 Å². The summed E-state index contributed by atoms with van der Waals surface area (Å²) in [6, 6.07) is 7.78. The molecule has 1 aromatic carbocycles. The van der Waals surface area contributed by atoms with Gasteiger partial charge in [0, 0.05) is 19.6 Å². The Hall–Kier alpha value is -1.79. The van der Waals surface area contributed by atoms with Crippen LogP contribution < -0.4 is 10.1 Å². The third-order valence-electron chi connectivity index (χ3n) is 5.89. The van der Waals surface area contributed by atoms with Crippen LogP contribution in [0.4, 0.5) is 0 Å². The van der Waals surface area contributed by atoms with Crippen LogP contribution in [-0.2, 0) is 16.1 Å². The van der Waals surface area contributed by atoms with E-state index in [1.54, 1.807) is 0 Å². The zero-order valence-corrected chi connectivity index (χ0v) is 17.3. The largest absolute Gasteiger partial charge is 0.494 e. The highest BCUT2D eigenvalue weighted by molar-refractivity contribution is 5.85. The van der Waals surface area contributed by atoms with E-state index >= 15 is 0 Å². The van der Waals surface area contributed by atoms with Crippen molar-refractivity contribution in [2.75, 3.05) is 26.2 Å². The summed E-state index contributed by atoms with van der Waals surface area (Å²) >= 11 is 0. The number of amides is 1. The molecule has 1 aliphatic heterocycles. The van der Waals surface area contributed by atoms with Crippen molar-refractivity contribution in [3.05, 3.63) is 29.8 Å². The molecule has 1 aromatic rings. The first-order valence-corrected chi connectivity index (χ1v) is 9.97. The molecule has 2 N–H and O–H groups in total. The van der Waals surface area contributed by atoms with Gasteiger partial charge in [-0.3, -0.25) is 14.5 Å². The predicted molar refractivity (Wildman–Crippen MR) is 110 cm³/mol. The van der Waals surface area contributed by atoms with Gasteiger partial charge in [-0.2, -0.15) is 0 Å². The van der Waals surface area contributed by atoms with Crippen molar-refractivity contribution < 1.29 is 19.4 Å². The molecule has 1 amide bonds. The number of halogens is 1. The van der Waals surface area contributed by atoms with Crippen LogP contribution in [0.2, 0.25) is 0 Å². The van der Waals surface area contributed by atoms with Crippen molar-refractivity contribution in [3.63, 3.8) is 0 Å². The van der Waals surface area contributed by atoms with Gasteiger partial charge in [0.2, 0.25) is 5.91 Å². The number of hydrogen-bond donors (Lipinski definition) is 2. The van der Waals surface area contributed by atoms with E-state index in [1.807, 2.05) is 29.2 Å². The summed E-state index contributed by atoms with van der Waals surface area (Å²) in [4.78, 5) is 26.1. The lowest BCUT2D eigenvalue weighted by Gasteiger charge is -2.23. The minimum Gasteiger partial charge on any atom is -0.494 e. The molecule has 1 aliphatic carbocycles. The first-order chi connectivity index (χ1) is 13.0. The van der Waals surface area contributed by atoms with Gasteiger partial charge < -0.3 is 15.2 Å². The smallest absolute Gasteiger partial charge is 0.311 e. The molecule has 0 unspecified atom stereocenters. The molecule has 1 heterocycles. The number of fused-ring (bicyclic) bond motifs is 1. The van der Waals surface area contributed by atoms with Crippen molar-refractivity contribution in [3.8, 4) is 5.75 Å². The van der Waals surface area contributed by atoms with E-state index in [0.717, 1.165) is 43.4 Å². The molecule has 2 atom stereocenters. The highest BCUT2D eigenvalue weighted by atomic mass is 35.5. The summed E-state index contributed by atoms with van der Waals surface area (Å²) < 4.78 is 5.70. The molecule has 0 radical (unpaired) electrons. The summed E-state index contributed by atoms with van der Waals surface area (Å²) in [5.41, 5.74) is 0.363. The molecular formula is C21H31ClN2O4. The number of nitrogens with zero attached hydrogens (tertiary/aromatic N) is 1. The highest BCUT2D eigenvalue weighted by Crippen LogP contribution is 2.48. The molecule has 3 rings (SSSR count). The number of carboxylic acids is 1. The number of aliphatic carboxylic acids is 1. The number of carbonyl (C=O) groups is 2. The Balaban J connectivity index is 0.00000280. The zero-order valence-electron chi connectivity index (χ0n) is 16.5. The summed E-state index contributed by atoms with van der Waals surface area (Å²) in [7, 11) is 0. The van der Waals surface area contributed by atoms with E-state index in [1.165, 1.54) is 0 Å². The second-order valence-electron chi connectivity index (χ2n) is 7.85. The maximum absolute atomic E-state index is 12.3. The number of benzene rings is 1. The van der Waals surface area contributed by atoms with Gasteiger partial charge in [0.05, 0.1) is 18.6 Å². The first-order valence-electron chi connectivity index (χ1n) is 9.97. The Labute approximate surface area is 173 Å². The molecule has 1 saturated carbocycles. The lowest BCUT2D eigenvalue weighted by atomic mass is 9.81. The maximum atomic E-state index is 12.3. The lowest BCUT2D eigenvalue weighted by molar-refractivity contribution is -0.149. The number of hydrogen-bond acceptors (Lipinski definition) is 4. The van der Waals surface area contributed by atoms with Crippen molar-refractivity contribution in [1.82, 2.24) is 10.2 Å². The average molecular weight is 411 g/mol. The van der Waals surface area contributed by atoms with Crippen LogP contribution in [0, 0.1) is 11.3 Å². The molecule has 1 saturated heterocycles. The Morgan fingerprint density at radius 2 is 2.21 bits per heavy atom. The molecule has 0 aromatic heterocycles. The van der Waals surface area contributed by atoms with E-state index in [2.05, 4.69) is 12.2 Å². The molecule has 0 spiro atoms. The lowest BCUT2D eigenvalue weighted by Crippen LogP contribution is -2.39. The molecule has 2 aliphatic rings. The number of carbonyl (C=O) groups excluding carboxylic acids is 1. The summed E-state index contributed by atoms with van der Waals surface area (Å²) in [6.07, 6.45) is 4.78. The quantitative estimate of drug-likeness (QED) is 0.611. The molecule has 156 valence electrons. The Morgan fingerprint density at radius 3 is 2.93 bits per heavy atom. The third-order valence-corrected chi connectivity index (χ3v) is 5.89. The van der Waals surface area contributed by atoms with Gasteiger partial charge >= 0.3 is 5.97 Å². The van der Waals surface area contributed by atoms with E-state index in [0.29, 0.717) is 26.2 Å². The SMILES string of the molecule is CCCCOc1cccc(CNC(=O)CN2C[C@@H]3CCC[C@@]3(C(=O)O)C2)c1.Cl. The highest BCUT2D eigenvalue weighted by Gasteiger charge is 2.54. The number of likely N-dealkylation sites (tertiary alicyclic amines) is 1. The van der Waals surface area contributed by atoms with Gasteiger partial charge in [-0.15, -0.1) is 12.4 Å². The maximum Gasteiger partial charge on any atom is 0.311 e. The van der Waals surface area contributed by atoms with Crippen molar-refractivity contribution in [1.29, 1.82) is 0 Å². The van der Waals surface area contributed by atoms with Crippen LogP contribution in [0.15, 0.2) is 24.3 Å². The van der Waals surface area contributed by atoms with Gasteiger partial charge in [-0.05, 0) is 42.9 Å². The standard InChI is InChI=1S/C21H30N2O4.ClH/c1-2-3-10-27-18-8-4-6-16(11-18)12-22-19(24)14-23-13-17-7-5-9-21(17,15-23)20(25)26;/h4,6,8,11,17H,2-3,5,7,9-10,12-15H2,1H3,(H,22,24)(H,25,26);1H/t17-,21+;/m0./s1. The third kappa shape index (κ3) is 5.17. The first kappa shape index (κ1) is 22.5. The second-order valence-corrected chi connectivity index (χ2v) is 7.85. The van der Waals surface area contributed by atoms with Gasteiger partial charge in [0.25, 0.3) is 0 Å². The summed E-state index contributed by atoms with van der Waals surface area (Å²) in [5.74, 6) is 0.242. The van der Waals surface area contributed by atoms with Crippen LogP contribution in [0.25, 0.3) is 0 Å². The number of nitrogens with one attached hydrogen (secondary N) is 1. The Kier molecular flexibility index (Phi) is 8.13. The van der Waals surface area contributed by atoms with Crippen LogP contribution in [0.3, 0.4) is 0 Å². The van der Waals surface area contributed by atoms with Gasteiger partial charge in [-0.25, -0.2) is 0 Å². The second kappa shape index (κ2) is 10.1. The molecule has 0 bridgehead atoms. The van der Waals surface area contributed by atoms with Crippen LogP contribution >= 0.6 is 12.4 Å². The fourth-order valence-electron chi connectivity index (χ4n) is 4.40. The van der Waals surface area contributed by atoms with Crippen molar-refractivity contribution in [2.45, 2.75) is 45.6 Å². The van der Waals surface area contributed by atoms with E-state index < -0.39 is 11.4 Å². The normalized spacial score (nSPS) is 23.7. The fraction of sp³-hybridized carbons (Fsp3) is 0.619. The number of unbranched alkanes of at least 4 members (excludes halogenated alkanes) is 1. The van der Waals surface area contributed by atoms with E-state index in [9.17, 15) is 14.7 Å². The molecule has 7 heteroatoms. The summed E-state index contributed by atoms with van der Waals surface area (Å²) in [5, 5.41) is 12.6. The topological polar surface area (TPSA) is 78.9 Å². The Morgan fingerprint density at radius 1 is 1.39 bits per heavy atom. The van der Waals surface area contributed by atoms with Gasteiger partial charge in [0.15, 0.2) is 0 Å². The van der Waals surface area contributed by atoms with E-state index in [-0.39, 0.29) is 30.8 Å². The Bertz CT molecular complexity index is 684. The van der Waals surface area contributed by atoms with Gasteiger partial charge in [-0.1, -0.05) is 31.9 Å². The fourth-order valence-corrected chi connectivity index (χ4v) is 4.40. The molecule has 28 heavy (non-hydrogen) atoms. The number of ether oxygens (including phenoxy) is 1. The summed E-state index contributed by atoms with van der Waals surface area (Å²) in [6.45, 7) is 4.74. The molecular weight excluding hydrogens is 380 g/mol. The van der Waals surface area contributed by atoms with Crippen molar-refractivity contribution >= 4 is 24.3 Å². The van der Waals surface area contributed by atoms with Gasteiger partial charge in [0.1, 0.15) is 5.75 Å². The van der Waals surface area contributed by atoms with E-state index in [4.69, 9.17) is 4.74 Å².